The molecule has 1 atom stereocenters. The largest absolute Gasteiger partial charge is 0.492 e. The fraction of sp³-hybridized carbons (Fsp3) is 0.300. The van der Waals surface area contributed by atoms with E-state index in [9.17, 15) is 8.42 Å². The SMILES string of the molecule is CCc1ccc(-c2nnc(C3COc4ccccc4C3)o2)cc1S(C)(=O)=O. The third-order valence-corrected chi connectivity index (χ3v) is 5.94. The number of ether oxygens (including phenoxy) is 1. The third kappa shape index (κ3) is 3.47. The van der Waals surface area contributed by atoms with Gasteiger partial charge in [-0.15, -0.1) is 10.2 Å². The average molecular weight is 384 g/mol. The molecule has 0 amide bonds. The van der Waals surface area contributed by atoms with Crippen LogP contribution in [0.15, 0.2) is 51.8 Å². The molecule has 0 aliphatic carbocycles. The van der Waals surface area contributed by atoms with Gasteiger partial charge in [-0.05, 0) is 42.2 Å². The first kappa shape index (κ1) is 17.7. The van der Waals surface area contributed by atoms with Gasteiger partial charge in [-0.1, -0.05) is 31.2 Å². The Balaban J connectivity index is 1.64. The summed E-state index contributed by atoms with van der Waals surface area (Å²) in [4.78, 5) is 0.303. The Labute approximate surface area is 158 Å². The van der Waals surface area contributed by atoms with Gasteiger partial charge >= 0.3 is 0 Å². The van der Waals surface area contributed by atoms with Gasteiger partial charge < -0.3 is 9.15 Å². The molecule has 7 heteroatoms. The maximum atomic E-state index is 12.1. The van der Waals surface area contributed by atoms with Crippen molar-refractivity contribution >= 4 is 9.84 Å². The molecule has 1 aliphatic rings. The molecular formula is C20H20N2O4S. The molecule has 2 aromatic carbocycles. The van der Waals surface area contributed by atoms with Crippen LogP contribution in [0.1, 0.15) is 29.9 Å². The normalized spacial score (nSPS) is 16.6. The van der Waals surface area contributed by atoms with E-state index < -0.39 is 9.84 Å². The summed E-state index contributed by atoms with van der Waals surface area (Å²) in [7, 11) is -3.33. The minimum atomic E-state index is -3.33. The molecule has 0 fully saturated rings. The monoisotopic (exact) mass is 384 g/mol. The minimum absolute atomic E-state index is 0.0227. The van der Waals surface area contributed by atoms with E-state index in [-0.39, 0.29) is 5.92 Å². The van der Waals surface area contributed by atoms with Crippen molar-refractivity contribution in [1.29, 1.82) is 0 Å². The summed E-state index contributed by atoms with van der Waals surface area (Å²) in [5.41, 5.74) is 2.49. The van der Waals surface area contributed by atoms with E-state index >= 15 is 0 Å². The van der Waals surface area contributed by atoms with Crippen molar-refractivity contribution in [3.8, 4) is 17.2 Å². The molecule has 4 rings (SSSR count). The fourth-order valence-electron chi connectivity index (χ4n) is 3.33. The van der Waals surface area contributed by atoms with Crippen LogP contribution in [0, 0.1) is 0 Å². The number of sulfone groups is 1. The number of nitrogens with zero attached hydrogens (tertiary/aromatic N) is 2. The van der Waals surface area contributed by atoms with Crippen molar-refractivity contribution in [2.45, 2.75) is 30.6 Å². The number of hydrogen-bond acceptors (Lipinski definition) is 6. The van der Waals surface area contributed by atoms with Crippen LogP contribution < -0.4 is 4.74 Å². The Hall–Kier alpha value is -2.67. The number of aromatic nitrogens is 2. The highest BCUT2D eigenvalue weighted by Crippen LogP contribution is 2.33. The van der Waals surface area contributed by atoms with Crippen LogP contribution in [0.25, 0.3) is 11.5 Å². The predicted octanol–water partition coefficient (Wildman–Crippen LogP) is 3.42. The first-order valence-electron chi connectivity index (χ1n) is 8.83. The van der Waals surface area contributed by atoms with E-state index in [1.165, 1.54) is 6.26 Å². The van der Waals surface area contributed by atoms with Crippen LogP contribution in [0.2, 0.25) is 0 Å². The smallest absolute Gasteiger partial charge is 0.247 e. The quantitative estimate of drug-likeness (QED) is 0.685. The van der Waals surface area contributed by atoms with Gasteiger partial charge in [0, 0.05) is 11.8 Å². The molecule has 0 radical (unpaired) electrons. The lowest BCUT2D eigenvalue weighted by Gasteiger charge is -2.22. The molecule has 140 valence electrons. The molecule has 2 heterocycles. The third-order valence-electron chi connectivity index (χ3n) is 4.76. The van der Waals surface area contributed by atoms with Gasteiger partial charge in [0.2, 0.25) is 11.8 Å². The first-order valence-corrected chi connectivity index (χ1v) is 10.7. The topological polar surface area (TPSA) is 82.3 Å². The second-order valence-corrected chi connectivity index (χ2v) is 8.70. The maximum absolute atomic E-state index is 12.1. The number of aryl methyl sites for hydroxylation is 1. The highest BCUT2D eigenvalue weighted by Gasteiger charge is 2.26. The average Bonchev–Trinajstić information content (AvgIpc) is 3.16. The summed E-state index contributed by atoms with van der Waals surface area (Å²) in [5, 5.41) is 8.31. The Morgan fingerprint density at radius 2 is 1.96 bits per heavy atom. The molecule has 27 heavy (non-hydrogen) atoms. The Kier molecular flexibility index (Phi) is 4.47. The van der Waals surface area contributed by atoms with Crippen LogP contribution in [0.4, 0.5) is 0 Å². The van der Waals surface area contributed by atoms with Crippen molar-refractivity contribution in [3.05, 3.63) is 59.5 Å². The van der Waals surface area contributed by atoms with Crippen LogP contribution in [-0.2, 0) is 22.7 Å². The van der Waals surface area contributed by atoms with E-state index in [0.717, 1.165) is 23.3 Å². The lowest BCUT2D eigenvalue weighted by atomic mass is 9.97. The Bertz CT molecular complexity index is 1090. The molecule has 1 aromatic heterocycles. The lowest BCUT2D eigenvalue weighted by molar-refractivity contribution is 0.242. The van der Waals surface area contributed by atoms with Crippen molar-refractivity contribution in [2.24, 2.45) is 0 Å². The number of hydrogen-bond donors (Lipinski definition) is 0. The highest BCUT2D eigenvalue weighted by atomic mass is 32.2. The van der Waals surface area contributed by atoms with Crippen LogP contribution in [-0.4, -0.2) is 31.5 Å². The van der Waals surface area contributed by atoms with E-state index in [1.807, 2.05) is 37.3 Å². The molecular weight excluding hydrogens is 364 g/mol. The van der Waals surface area contributed by atoms with E-state index in [4.69, 9.17) is 9.15 Å². The molecule has 0 bridgehead atoms. The molecule has 6 nitrogen and oxygen atoms in total. The molecule has 0 saturated carbocycles. The van der Waals surface area contributed by atoms with Crippen LogP contribution in [0.5, 0.6) is 5.75 Å². The summed E-state index contributed by atoms with van der Waals surface area (Å²) >= 11 is 0. The number of rotatable bonds is 4. The van der Waals surface area contributed by atoms with Gasteiger partial charge in [-0.25, -0.2) is 8.42 Å². The summed E-state index contributed by atoms with van der Waals surface area (Å²) in [6.45, 7) is 2.40. The number of benzene rings is 2. The molecule has 0 N–H and O–H groups in total. The zero-order chi connectivity index (χ0) is 19.0. The van der Waals surface area contributed by atoms with Crippen molar-refractivity contribution < 1.29 is 17.6 Å². The van der Waals surface area contributed by atoms with Crippen molar-refractivity contribution in [2.75, 3.05) is 12.9 Å². The maximum Gasteiger partial charge on any atom is 0.247 e. The molecule has 0 spiro atoms. The van der Waals surface area contributed by atoms with Gasteiger partial charge in [-0.3, -0.25) is 0 Å². The first-order chi connectivity index (χ1) is 13.0. The Morgan fingerprint density at radius 1 is 1.15 bits per heavy atom. The minimum Gasteiger partial charge on any atom is -0.492 e. The summed E-state index contributed by atoms with van der Waals surface area (Å²) < 4.78 is 35.8. The molecule has 1 unspecified atom stereocenters. The van der Waals surface area contributed by atoms with E-state index in [1.54, 1.807) is 12.1 Å². The second-order valence-electron chi connectivity index (χ2n) is 6.71. The highest BCUT2D eigenvalue weighted by molar-refractivity contribution is 7.90. The molecule has 1 aliphatic heterocycles. The zero-order valence-electron chi connectivity index (χ0n) is 15.2. The standard InChI is InChI=1S/C20H20N2O4S/c1-3-13-8-9-15(11-18(13)27(2,23)24)19-21-22-20(26-19)16-10-14-6-4-5-7-17(14)25-12-16/h4-9,11,16H,3,10,12H2,1-2H3. The molecule has 3 aromatic rings. The zero-order valence-corrected chi connectivity index (χ0v) is 16.0. The fourth-order valence-corrected chi connectivity index (χ4v) is 4.36. The van der Waals surface area contributed by atoms with E-state index in [0.29, 0.717) is 35.3 Å². The van der Waals surface area contributed by atoms with Gasteiger partial charge in [-0.2, -0.15) is 0 Å². The summed E-state index contributed by atoms with van der Waals surface area (Å²) in [6, 6.07) is 13.1. The van der Waals surface area contributed by atoms with Gasteiger partial charge in [0.1, 0.15) is 12.4 Å². The van der Waals surface area contributed by atoms with Crippen LogP contribution >= 0.6 is 0 Å². The van der Waals surface area contributed by atoms with E-state index in [2.05, 4.69) is 10.2 Å². The Morgan fingerprint density at radius 3 is 2.74 bits per heavy atom. The predicted molar refractivity (Wildman–Crippen MR) is 101 cm³/mol. The van der Waals surface area contributed by atoms with Crippen molar-refractivity contribution in [1.82, 2.24) is 10.2 Å². The summed E-state index contributed by atoms with van der Waals surface area (Å²) in [6.07, 6.45) is 2.61. The van der Waals surface area contributed by atoms with Gasteiger partial charge in [0.15, 0.2) is 9.84 Å². The number of para-hydroxylation sites is 1. The van der Waals surface area contributed by atoms with Crippen molar-refractivity contribution in [3.63, 3.8) is 0 Å². The van der Waals surface area contributed by atoms with Gasteiger partial charge in [0.05, 0.1) is 10.8 Å². The lowest BCUT2D eigenvalue weighted by Crippen LogP contribution is -2.19. The van der Waals surface area contributed by atoms with Gasteiger partial charge in [0.25, 0.3) is 0 Å². The molecule has 0 saturated heterocycles. The van der Waals surface area contributed by atoms with Crippen LogP contribution in [0.3, 0.4) is 0 Å². The second kappa shape index (κ2) is 6.81. The number of fused-ring (bicyclic) bond motifs is 1. The summed E-state index contributed by atoms with van der Waals surface area (Å²) in [5.74, 6) is 1.68.